The van der Waals surface area contributed by atoms with Crippen molar-refractivity contribution < 1.29 is 0 Å². The molecule has 1 saturated carbocycles. The van der Waals surface area contributed by atoms with E-state index in [1.54, 1.807) is 5.57 Å². The van der Waals surface area contributed by atoms with Crippen molar-refractivity contribution in [1.82, 2.24) is 0 Å². The normalized spacial score (nSPS) is 49.2. The molecule has 0 saturated heterocycles. The highest BCUT2D eigenvalue weighted by atomic mass is 14.4. The monoisotopic (exact) mass is 150 g/mol. The fourth-order valence-electron chi connectivity index (χ4n) is 2.54. The molecular formula is C11H18. The summed E-state index contributed by atoms with van der Waals surface area (Å²) in [5, 5.41) is 0. The van der Waals surface area contributed by atoms with Gasteiger partial charge in [-0.15, -0.1) is 0 Å². The van der Waals surface area contributed by atoms with Crippen LogP contribution in [0.2, 0.25) is 0 Å². The van der Waals surface area contributed by atoms with E-state index in [2.05, 4.69) is 26.8 Å². The lowest BCUT2D eigenvalue weighted by Crippen LogP contribution is -2.37. The van der Waals surface area contributed by atoms with E-state index in [-0.39, 0.29) is 0 Å². The first-order valence-electron chi connectivity index (χ1n) is 4.88. The van der Waals surface area contributed by atoms with Gasteiger partial charge in [0.2, 0.25) is 0 Å². The van der Waals surface area contributed by atoms with Crippen LogP contribution in [0.3, 0.4) is 0 Å². The van der Waals surface area contributed by atoms with Crippen LogP contribution in [0, 0.1) is 23.7 Å². The van der Waals surface area contributed by atoms with Crippen molar-refractivity contribution in [2.75, 3.05) is 0 Å². The molecule has 11 heavy (non-hydrogen) atoms. The lowest BCUT2D eigenvalue weighted by Gasteiger charge is -2.46. The van der Waals surface area contributed by atoms with Gasteiger partial charge in [-0.25, -0.2) is 0 Å². The van der Waals surface area contributed by atoms with Crippen LogP contribution >= 0.6 is 0 Å². The molecule has 4 atom stereocenters. The van der Waals surface area contributed by atoms with E-state index < -0.39 is 0 Å². The van der Waals surface area contributed by atoms with Gasteiger partial charge in [0.25, 0.3) is 0 Å². The first kappa shape index (κ1) is 7.39. The van der Waals surface area contributed by atoms with Gasteiger partial charge in [-0.05, 0) is 37.0 Å². The fourth-order valence-corrected chi connectivity index (χ4v) is 2.54. The predicted octanol–water partition coefficient (Wildman–Crippen LogP) is 3.24. The van der Waals surface area contributed by atoms with Crippen LogP contribution in [0.5, 0.6) is 0 Å². The highest BCUT2D eigenvalue weighted by Crippen LogP contribution is 2.48. The lowest BCUT2D eigenvalue weighted by atomic mass is 9.59. The van der Waals surface area contributed by atoms with Crippen molar-refractivity contribution in [2.45, 2.75) is 33.6 Å². The smallest absolute Gasteiger partial charge is 0.0137 e. The molecule has 0 N–H and O–H groups in total. The van der Waals surface area contributed by atoms with E-state index >= 15 is 0 Å². The van der Waals surface area contributed by atoms with Crippen LogP contribution in [0.25, 0.3) is 0 Å². The van der Waals surface area contributed by atoms with Gasteiger partial charge in [-0.2, -0.15) is 0 Å². The first-order chi connectivity index (χ1) is 5.20. The summed E-state index contributed by atoms with van der Waals surface area (Å²) >= 11 is 0. The van der Waals surface area contributed by atoms with E-state index in [1.807, 2.05) is 0 Å². The summed E-state index contributed by atoms with van der Waals surface area (Å²) < 4.78 is 0. The van der Waals surface area contributed by atoms with Crippen LogP contribution in [-0.4, -0.2) is 0 Å². The molecule has 2 aliphatic carbocycles. The van der Waals surface area contributed by atoms with E-state index in [9.17, 15) is 0 Å². The van der Waals surface area contributed by atoms with Crippen molar-refractivity contribution >= 4 is 0 Å². The van der Waals surface area contributed by atoms with Gasteiger partial charge in [-0.3, -0.25) is 0 Å². The minimum Gasteiger partial charge on any atom is -0.0813 e. The molecule has 4 unspecified atom stereocenters. The topological polar surface area (TPSA) is 0 Å². The maximum atomic E-state index is 2.49. The fraction of sp³-hybridized carbons (Fsp3) is 0.818. The maximum Gasteiger partial charge on any atom is -0.0137 e. The van der Waals surface area contributed by atoms with E-state index in [0.29, 0.717) is 0 Å². The van der Waals surface area contributed by atoms with Gasteiger partial charge in [0, 0.05) is 0 Å². The predicted molar refractivity (Wildman–Crippen MR) is 48.3 cm³/mol. The highest BCUT2D eigenvalue weighted by molar-refractivity contribution is 5.21. The number of rotatable bonds is 1. The summed E-state index contributed by atoms with van der Waals surface area (Å²) in [5.74, 6) is 3.88. The summed E-state index contributed by atoms with van der Waals surface area (Å²) in [7, 11) is 0. The van der Waals surface area contributed by atoms with Crippen LogP contribution in [0.4, 0.5) is 0 Å². The first-order valence-corrected chi connectivity index (χ1v) is 4.88. The minimum atomic E-state index is 0.891. The molecule has 0 aromatic rings. The summed E-state index contributed by atoms with van der Waals surface area (Å²) in [6, 6.07) is 0. The Morgan fingerprint density at radius 2 is 2.00 bits per heavy atom. The summed E-state index contributed by atoms with van der Waals surface area (Å²) in [6.07, 6.45) is 5.45. The Hall–Kier alpha value is -0.260. The van der Waals surface area contributed by atoms with Crippen molar-refractivity contribution in [1.29, 1.82) is 0 Å². The molecule has 0 aromatic heterocycles. The van der Waals surface area contributed by atoms with Crippen molar-refractivity contribution in [3.63, 3.8) is 0 Å². The molecule has 1 fully saturated rings. The standard InChI is InChI=1S/C11H18/c1-7-4-5-10(7)11-6-8(2)9(11)3/h6-7,9-11H,4-5H2,1-3H3. The lowest BCUT2D eigenvalue weighted by molar-refractivity contribution is 0.107. The number of hydrogen-bond acceptors (Lipinski definition) is 0. The molecule has 0 heterocycles. The quantitative estimate of drug-likeness (QED) is 0.503. The second-order valence-electron chi connectivity index (χ2n) is 4.50. The summed E-state index contributed by atoms with van der Waals surface area (Å²) in [4.78, 5) is 0. The van der Waals surface area contributed by atoms with Crippen LogP contribution < -0.4 is 0 Å². The Bertz CT molecular complexity index is 190. The van der Waals surface area contributed by atoms with Gasteiger partial charge in [0.1, 0.15) is 0 Å². The zero-order valence-electron chi connectivity index (χ0n) is 7.80. The van der Waals surface area contributed by atoms with E-state index in [0.717, 1.165) is 23.7 Å². The molecular weight excluding hydrogens is 132 g/mol. The SMILES string of the molecule is CC1=CC(C2CCC2C)C1C. The molecule has 0 radical (unpaired) electrons. The summed E-state index contributed by atoms with van der Waals surface area (Å²) in [6.45, 7) is 7.05. The largest absolute Gasteiger partial charge is 0.0813 e. The Balaban J connectivity index is 1.98. The average molecular weight is 150 g/mol. The minimum absolute atomic E-state index is 0.891. The molecule has 0 bridgehead atoms. The third-order valence-electron chi connectivity index (χ3n) is 3.93. The van der Waals surface area contributed by atoms with E-state index in [1.165, 1.54) is 12.8 Å². The summed E-state index contributed by atoms with van der Waals surface area (Å²) in [5.41, 5.74) is 1.62. The van der Waals surface area contributed by atoms with Crippen LogP contribution in [0.15, 0.2) is 11.6 Å². The van der Waals surface area contributed by atoms with Gasteiger partial charge in [0.15, 0.2) is 0 Å². The molecule has 0 aliphatic heterocycles. The Labute approximate surface area is 69.7 Å². The van der Waals surface area contributed by atoms with Crippen molar-refractivity contribution in [3.8, 4) is 0 Å². The molecule has 62 valence electrons. The third-order valence-corrected chi connectivity index (χ3v) is 3.93. The molecule has 2 rings (SSSR count). The van der Waals surface area contributed by atoms with Gasteiger partial charge < -0.3 is 0 Å². The van der Waals surface area contributed by atoms with Crippen LogP contribution in [-0.2, 0) is 0 Å². The molecule has 2 aliphatic rings. The molecule has 0 nitrogen and oxygen atoms in total. The van der Waals surface area contributed by atoms with Gasteiger partial charge in [-0.1, -0.05) is 31.9 Å². The zero-order valence-corrected chi connectivity index (χ0v) is 7.80. The molecule has 0 heteroatoms. The van der Waals surface area contributed by atoms with Gasteiger partial charge in [0.05, 0.1) is 0 Å². The van der Waals surface area contributed by atoms with Crippen LogP contribution in [0.1, 0.15) is 33.6 Å². The highest BCUT2D eigenvalue weighted by Gasteiger charge is 2.39. The Morgan fingerprint density at radius 3 is 2.27 bits per heavy atom. The Morgan fingerprint density at radius 1 is 1.27 bits per heavy atom. The molecule has 0 aromatic carbocycles. The molecule has 0 spiro atoms. The third kappa shape index (κ3) is 0.953. The van der Waals surface area contributed by atoms with Crippen molar-refractivity contribution in [2.24, 2.45) is 23.7 Å². The number of hydrogen-bond donors (Lipinski definition) is 0. The Kier molecular flexibility index (Phi) is 1.59. The maximum absolute atomic E-state index is 2.49. The average Bonchev–Trinajstić information content (AvgIpc) is 2.00. The van der Waals surface area contributed by atoms with Gasteiger partial charge >= 0.3 is 0 Å². The molecule has 0 amide bonds. The zero-order chi connectivity index (χ0) is 8.01. The number of allylic oxidation sites excluding steroid dienone is 2. The second-order valence-corrected chi connectivity index (χ2v) is 4.50. The second kappa shape index (κ2) is 2.36. The van der Waals surface area contributed by atoms with Crippen molar-refractivity contribution in [3.05, 3.63) is 11.6 Å². The van der Waals surface area contributed by atoms with E-state index in [4.69, 9.17) is 0 Å².